The zero-order chi connectivity index (χ0) is 21.0. The number of hydrogen-bond acceptors (Lipinski definition) is 4. The molecule has 0 aromatic heterocycles. The van der Waals surface area contributed by atoms with Gasteiger partial charge in [0.1, 0.15) is 12.0 Å². The van der Waals surface area contributed by atoms with E-state index in [1.165, 1.54) is 5.69 Å². The van der Waals surface area contributed by atoms with Gasteiger partial charge in [-0.3, -0.25) is 9.59 Å². The van der Waals surface area contributed by atoms with Crippen molar-refractivity contribution in [3.63, 3.8) is 0 Å². The van der Waals surface area contributed by atoms with E-state index in [9.17, 15) is 9.59 Å². The fourth-order valence-corrected chi connectivity index (χ4v) is 4.47. The Labute approximate surface area is 180 Å². The standard InChI is InChI=1S/C23H27BrN2O3/c1-16-4-5-21(20(24)12-16)29-11-6-22(28)25-7-9-26(10-8-25)23-17(2)13-19(15-27)14-18(23)3/h4-5,12-15H,6-11H2,1-3H3. The molecule has 154 valence electrons. The lowest BCUT2D eigenvalue weighted by Gasteiger charge is -2.37. The van der Waals surface area contributed by atoms with Crippen LogP contribution in [0.3, 0.4) is 0 Å². The van der Waals surface area contributed by atoms with Crippen LogP contribution in [0.15, 0.2) is 34.8 Å². The summed E-state index contributed by atoms with van der Waals surface area (Å²) in [6.07, 6.45) is 1.25. The first-order valence-corrected chi connectivity index (χ1v) is 10.7. The van der Waals surface area contributed by atoms with Crippen molar-refractivity contribution >= 4 is 33.8 Å². The van der Waals surface area contributed by atoms with Crippen LogP contribution in [0.2, 0.25) is 0 Å². The van der Waals surface area contributed by atoms with Gasteiger partial charge < -0.3 is 14.5 Å². The summed E-state index contributed by atoms with van der Waals surface area (Å²) in [4.78, 5) is 27.8. The zero-order valence-electron chi connectivity index (χ0n) is 17.2. The van der Waals surface area contributed by atoms with E-state index in [2.05, 4.69) is 20.8 Å². The number of ether oxygens (including phenoxy) is 1. The van der Waals surface area contributed by atoms with Gasteiger partial charge in [0.15, 0.2) is 0 Å². The Morgan fingerprint density at radius 2 is 1.72 bits per heavy atom. The maximum absolute atomic E-state index is 12.6. The number of hydrogen-bond donors (Lipinski definition) is 0. The molecule has 0 N–H and O–H groups in total. The van der Waals surface area contributed by atoms with E-state index in [4.69, 9.17) is 4.74 Å². The van der Waals surface area contributed by atoms with E-state index >= 15 is 0 Å². The summed E-state index contributed by atoms with van der Waals surface area (Å²) in [7, 11) is 0. The van der Waals surface area contributed by atoms with Gasteiger partial charge in [0, 0.05) is 37.4 Å². The van der Waals surface area contributed by atoms with E-state index in [0.29, 0.717) is 31.7 Å². The van der Waals surface area contributed by atoms with Crippen molar-refractivity contribution in [3.8, 4) is 5.75 Å². The van der Waals surface area contributed by atoms with E-state index in [1.54, 1.807) is 0 Å². The van der Waals surface area contributed by atoms with Crippen molar-refractivity contribution in [2.45, 2.75) is 27.2 Å². The molecule has 5 nitrogen and oxygen atoms in total. The van der Waals surface area contributed by atoms with Crippen LogP contribution in [-0.2, 0) is 4.79 Å². The summed E-state index contributed by atoms with van der Waals surface area (Å²) in [5.74, 6) is 0.885. The number of piperazine rings is 1. The van der Waals surface area contributed by atoms with Crippen LogP contribution in [0.5, 0.6) is 5.75 Å². The van der Waals surface area contributed by atoms with E-state index < -0.39 is 0 Å². The van der Waals surface area contributed by atoms with Crippen molar-refractivity contribution in [1.29, 1.82) is 0 Å². The number of rotatable bonds is 6. The summed E-state index contributed by atoms with van der Waals surface area (Å²) in [5, 5.41) is 0. The second kappa shape index (κ2) is 9.44. The van der Waals surface area contributed by atoms with Crippen molar-refractivity contribution in [2.75, 3.05) is 37.7 Å². The van der Waals surface area contributed by atoms with Crippen molar-refractivity contribution in [1.82, 2.24) is 4.90 Å². The molecule has 1 aliphatic heterocycles. The molecule has 0 radical (unpaired) electrons. The topological polar surface area (TPSA) is 49.9 Å². The van der Waals surface area contributed by atoms with Crippen molar-refractivity contribution in [3.05, 3.63) is 57.1 Å². The van der Waals surface area contributed by atoms with E-state index in [-0.39, 0.29) is 5.91 Å². The van der Waals surface area contributed by atoms with Crippen LogP contribution in [0.1, 0.15) is 33.5 Å². The molecule has 1 aliphatic rings. The van der Waals surface area contributed by atoms with Gasteiger partial charge >= 0.3 is 0 Å². The van der Waals surface area contributed by atoms with Crippen LogP contribution in [0.4, 0.5) is 5.69 Å². The predicted molar refractivity (Wildman–Crippen MR) is 119 cm³/mol. The molecule has 0 spiro atoms. The number of halogens is 1. The number of anilines is 1. The number of amides is 1. The largest absolute Gasteiger partial charge is 0.492 e. The lowest BCUT2D eigenvalue weighted by atomic mass is 10.0. The lowest BCUT2D eigenvalue weighted by Crippen LogP contribution is -2.49. The van der Waals surface area contributed by atoms with Gasteiger partial charge in [0.05, 0.1) is 17.5 Å². The SMILES string of the molecule is Cc1ccc(OCCC(=O)N2CCN(c3c(C)cc(C=O)cc3C)CC2)c(Br)c1. The zero-order valence-corrected chi connectivity index (χ0v) is 18.8. The fourth-order valence-electron chi connectivity index (χ4n) is 3.87. The van der Waals surface area contributed by atoms with Crippen LogP contribution < -0.4 is 9.64 Å². The molecule has 3 rings (SSSR count). The normalized spacial score (nSPS) is 14.1. The molecule has 0 atom stereocenters. The van der Waals surface area contributed by atoms with Crippen LogP contribution in [0, 0.1) is 20.8 Å². The molecule has 29 heavy (non-hydrogen) atoms. The average Bonchev–Trinajstić information content (AvgIpc) is 2.69. The molecule has 0 unspecified atom stereocenters. The molecule has 0 aliphatic carbocycles. The number of carbonyl (C=O) groups is 2. The first kappa shape index (κ1) is 21.4. The first-order chi connectivity index (χ1) is 13.9. The van der Waals surface area contributed by atoms with Crippen LogP contribution in [0.25, 0.3) is 0 Å². The molecule has 1 amide bonds. The minimum absolute atomic E-state index is 0.123. The highest BCUT2D eigenvalue weighted by Crippen LogP contribution is 2.28. The number of aryl methyl sites for hydroxylation is 3. The summed E-state index contributed by atoms with van der Waals surface area (Å²) < 4.78 is 6.67. The quantitative estimate of drug-likeness (QED) is 0.605. The maximum atomic E-state index is 12.6. The van der Waals surface area contributed by atoms with Crippen LogP contribution >= 0.6 is 15.9 Å². The molecule has 0 bridgehead atoms. The minimum Gasteiger partial charge on any atom is -0.492 e. The molecular weight excluding hydrogens is 432 g/mol. The Morgan fingerprint density at radius 1 is 1.07 bits per heavy atom. The van der Waals surface area contributed by atoms with Crippen molar-refractivity contribution in [2.24, 2.45) is 0 Å². The number of nitrogens with zero attached hydrogens (tertiary/aromatic N) is 2. The Balaban J connectivity index is 1.51. The Hall–Kier alpha value is -2.34. The average molecular weight is 459 g/mol. The minimum atomic E-state index is 0.123. The third-order valence-electron chi connectivity index (χ3n) is 5.26. The predicted octanol–water partition coefficient (Wildman–Crippen LogP) is 4.30. The van der Waals surface area contributed by atoms with Gasteiger partial charge in [-0.2, -0.15) is 0 Å². The maximum Gasteiger partial charge on any atom is 0.226 e. The van der Waals surface area contributed by atoms with Gasteiger partial charge in [0.25, 0.3) is 0 Å². The number of benzene rings is 2. The summed E-state index contributed by atoms with van der Waals surface area (Å²) in [6.45, 7) is 9.43. The lowest BCUT2D eigenvalue weighted by molar-refractivity contribution is -0.132. The van der Waals surface area contributed by atoms with Gasteiger partial charge in [-0.05, 0) is 77.7 Å². The summed E-state index contributed by atoms with van der Waals surface area (Å²) >= 11 is 3.50. The molecule has 1 saturated heterocycles. The van der Waals surface area contributed by atoms with Crippen molar-refractivity contribution < 1.29 is 14.3 Å². The molecule has 2 aromatic rings. The Morgan fingerprint density at radius 3 is 2.31 bits per heavy atom. The molecular formula is C23H27BrN2O3. The van der Waals surface area contributed by atoms with Gasteiger partial charge in [0.2, 0.25) is 5.91 Å². The summed E-state index contributed by atoms with van der Waals surface area (Å²) in [6, 6.07) is 9.76. The van der Waals surface area contributed by atoms with E-state index in [0.717, 1.165) is 46.3 Å². The highest BCUT2D eigenvalue weighted by atomic mass is 79.9. The highest BCUT2D eigenvalue weighted by molar-refractivity contribution is 9.10. The molecule has 1 fully saturated rings. The number of aldehydes is 1. The molecule has 1 heterocycles. The summed E-state index contributed by atoms with van der Waals surface area (Å²) in [5.41, 5.74) is 5.24. The smallest absolute Gasteiger partial charge is 0.226 e. The highest BCUT2D eigenvalue weighted by Gasteiger charge is 2.23. The molecule has 6 heteroatoms. The Kier molecular flexibility index (Phi) is 6.96. The van der Waals surface area contributed by atoms with Crippen LogP contribution in [-0.4, -0.2) is 49.9 Å². The third-order valence-corrected chi connectivity index (χ3v) is 5.88. The molecule has 0 saturated carbocycles. The van der Waals surface area contributed by atoms with Gasteiger partial charge in [-0.25, -0.2) is 0 Å². The third kappa shape index (κ3) is 5.18. The number of carbonyl (C=O) groups excluding carboxylic acids is 2. The van der Waals surface area contributed by atoms with Gasteiger partial charge in [-0.1, -0.05) is 6.07 Å². The fraction of sp³-hybridized carbons (Fsp3) is 0.391. The first-order valence-electron chi connectivity index (χ1n) is 9.87. The second-order valence-electron chi connectivity index (χ2n) is 7.52. The van der Waals surface area contributed by atoms with E-state index in [1.807, 2.05) is 56.0 Å². The monoisotopic (exact) mass is 458 g/mol. The molecule has 2 aromatic carbocycles. The second-order valence-corrected chi connectivity index (χ2v) is 8.38. The van der Waals surface area contributed by atoms with Gasteiger partial charge in [-0.15, -0.1) is 0 Å². The Bertz CT molecular complexity index is 882.